The van der Waals surface area contributed by atoms with Gasteiger partial charge in [-0.25, -0.2) is 8.78 Å². The number of hydrazine groups is 2. The Morgan fingerprint density at radius 3 is 2.55 bits per heavy atom. The van der Waals surface area contributed by atoms with E-state index in [0.717, 1.165) is 0 Å². The lowest BCUT2D eigenvalue weighted by molar-refractivity contribution is 0.00911. The first-order valence-corrected chi connectivity index (χ1v) is 14.2. The summed E-state index contributed by atoms with van der Waals surface area (Å²) < 4.78 is 28.0. The van der Waals surface area contributed by atoms with E-state index in [-0.39, 0.29) is 11.0 Å². The summed E-state index contributed by atoms with van der Waals surface area (Å²) >= 11 is 0. The summed E-state index contributed by atoms with van der Waals surface area (Å²) in [6, 6.07) is 14.4. The lowest BCUT2D eigenvalue weighted by atomic mass is 9.96. The van der Waals surface area contributed by atoms with Gasteiger partial charge in [0.25, 0.3) is 12.0 Å². The SMILES string of the molecule is CC(C)(C)CNc1c(C#N)cnc2c(C#N)cc(N[C@H](C3=CN(C4(C(F)F)CC4)NN3)c3cccc4c(=O)[nH]ccc34)cc12. The second-order valence-corrected chi connectivity index (χ2v) is 12.4. The molecule has 1 fully saturated rings. The average molecular weight is 596 g/mol. The molecular weight excluding hydrogens is 564 g/mol. The molecule has 44 heavy (non-hydrogen) atoms. The van der Waals surface area contributed by atoms with Crippen LogP contribution in [-0.2, 0) is 0 Å². The molecule has 5 N–H and O–H groups in total. The van der Waals surface area contributed by atoms with E-state index in [1.54, 1.807) is 36.7 Å². The van der Waals surface area contributed by atoms with Crippen LogP contribution in [0.2, 0.25) is 0 Å². The number of benzene rings is 2. The molecule has 0 radical (unpaired) electrons. The van der Waals surface area contributed by atoms with Crippen molar-refractivity contribution in [3.63, 3.8) is 0 Å². The maximum atomic E-state index is 14.0. The predicted molar refractivity (Wildman–Crippen MR) is 164 cm³/mol. The first kappa shape index (κ1) is 28.9. The van der Waals surface area contributed by atoms with E-state index in [0.29, 0.717) is 74.8 Å². The van der Waals surface area contributed by atoms with Gasteiger partial charge < -0.3 is 21.0 Å². The predicted octanol–water partition coefficient (Wildman–Crippen LogP) is 5.39. The number of fused-ring (bicyclic) bond motifs is 2. The Morgan fingerprint density at radius 1 is 1.09 bits per heavy atom. The average Bonchev–Trinajstić information content (AvgIpc) is 3.68. The van der Waals surface area contributed by atoms with E-state index in [9.17, 15) is 24.1 Å². The van der Waals surface area contributed by atoms with Gasteiger partial charge >= 0.3 is 0 Å². The molecule has 6 rings (SSSR count). The van der Waals surface area contributed by atoms with Gasteiger partial charge in [-0.3, -0.25) is 14.8 Å². The Kier molecular flexibility index (Phi) is 7.10. The van der Waals surface area contributed by atoms with Crippen LogP contribution in [0.1, 0.15) is 56.3 Å². The molecule has 0 spiro atoms. The van der Waals surface area contributed by atoms with Gasteiger partial charge in [-0.15, -0.1) is 5.53 Å². The molecular formula is C32H31F2N9O. The molecule has 1 aliphatic carbocycles. The van der Waals surface area contributed by atoms with E-state index in [2.05, 4.69) is 64.5 Å². The lowest BCUT2D eigenvalue weighted by Crippen LogP contribution is -2.48. The number of anilines is 2. The molecule has 0 amide bonds. The normalized spacial score (nSPS) is 16.3. The number of nitriles is 2. The Labute approximate surface area is 252 Å². The third-order valence-electron chi connectivity index (χ3n) is 8.03. The second-order valence-electron chi connectivity index (χ2n) is 12.4. The van der Waals surface area contributed by atoms with Crippen molar-refractivity contribution in [1.82, 2.24) is 25.9 Å². The molecule has 4 aromatic rings. The Bertz CT molecular complexity index is 1940. The summed E-state index contributed by atoms with van der Waals surface area (Å²) in [6.45, 7) is 6.78. The van der Waals surface area contributed by atoms with Crippen molar-refractivity contribution in [2.24, 2.45) is 5.41 Å². The summed E-state index contributed by atoms with van der Waals surface area (Å²) in [6.07, 6.45) is 2.80. The van der Waals surface area contributed by atoms with Crippen molar-refractivity contribution in [1.29, 1.82) is 10.5 Å². The Hall–Kier alpha value is -5.20. The molecule has 12 heteroatoms. The molecule has 1 saturated carbocycles. The van der Waals surface area contributed by atoms with Crippen molar-refractivity contribution in [2.75, 3.05) is 17.2 Å². The minimum Gasteiger partial charge on any atom is -0.383 e. The van der Waals surface area contributed by atoms with E-state index >= 15 is 0 Å². The van der Waals surface area contributed by atoms with Crippen LogP contribution in [0, 0.1) is 28.1 Å². The van der Waals surface area contributed by atoms with Crippen LogP contribution < -0.4 is 27.2 Å². The van der Waals surface area contributed by atoms with Crippen molar-refractivity contribution in [3.8, 4) is 12.1 Å². The van der Waals surface area contributed by atoms with Crippen LogP contribution in [0.5, 0.6) is 0 Å². The maximum absolute atomic E-state index is 14.0. The number of nitrogens with zero attached hydrogens (tertiary/aromatic N) is 4. The second kappa shape index (κ2) is 10.8. The number of rotatable bonds is 8. The van der Waals surface area contributed by atoms with Crippen LogP contribution in [-0.4, -0.2) is 33.5 Å². The summed E-state index contributed by atoms with van der Waals surface area (Å²) in [5.74, 6) is 0. The number of nitrogens with one attached hydrogen (secondary N) is 5. The molecule has 224 valence electrons. The topological polar surface area (TPSA) is 145 Å². The monoisotopic (exact) mass is 595 g/mol. The van der Waals surface area contributed by atoms with Gasteiger partial charge in [0.1, 0.15) is 17.7 Å². The van der Waals surface area contributed by atoms with Gasteiger partial charge in [0.15, 0.2) is 0 Å². The van der Waals surface area contributed by atoms with E-state index in [4.69, 9.17) is 0 Å². The molecule has 2 aliphatic rings. The highest BCUT2D eigenvalue weighted by atomic mass is 19.3. The molecule has 10 nitrogen and oxygen atoms in total. The zero-order chi connectivity index (χ0) is 31.2. The number of H-pyrrole nitrogens is 1. The smallest absolute Gasteiger partial charge is 0.262 e. The van der Waals surface area contributed by atoms with Gasteiger partial charge in [-0.05, 0) is 53.5 Å². The van der Waals surface area contributed by atoms with Crippen LogP contribution in [0.25, 0.3) is 21.7 Å². The summed E-state index contributed by atoms with van der Waals surface area (Å²) in [5.41, 5.74) is 7.75. The number of hydrogen-bond donors (Lipinski definition) is 5. The molecule has 3 heterocycles. The van der Waals surface area contributed by atoms with E-state index in [1.807, 2.05) is 12.1 Å². The van der Waals surface area contributed by atoms with Crippen molar-refractivity contribution < 1.29 is 8.78 Å². The van der Waals surface area contributed by atoms with Crippen molar-refractivity contribution in [2.45, 2.75) is 51.6 Å². The summed E-state index contributed by atoms with van der Waals surface area (Å²) in [7, 11) is 0. The van der Waals surface area contributed by atoms with Gasteiger partial charge in [-0.2, -0.15) is 10.5 Å². The third-order valence-corrected chi connectivity index (χ3v) is 8.03. The van der Waals surface area contributed by atoms with Crippen LogP contribution >= 0.6 is 0 Å². The Balaban J connectivity index is 1.50. The summed E-state index contributed by atoms with van der Waals surface area (Å²) in [5, 5.41) is 30.0. The van der Waals surface area contributed by atoms with Crippen LogP contribution in [0.4, 0.5) is 20.2 Å². The van der Waals surface area contributed by atoms with Gasteiger partial charge in [0.05, 0.1) is 34.1 Å². The fourth-order valence-corrected chi connectivity index (χ4v) is 5.49. The number of aromatic amines is 1. The molecule has 1 aliphatic heterocycles. The molecule has 2 aromatic carbocycles. The zero-order valence-electron chi connectivity index (χ0n) is 24.4. The van der Waals surface area contributed by atoms with Crippen molar-refractivity contribution in [3.05, 3.63) is 87.7 Å². The molecule has 0 saturated heterocycles. The minimum atomic E-state index is -2.55. The highest BCUT2D eigenvalue weighted by molar-refractivity contribution is 5.99. The van der Waals surface area contributed by atoms with Gasteiger partial charge in [-0.1, -0.05) is 32.9 Å². The quantitative estimate of drug-likeness (QED) is 0.181. The van der Waals surface area contributed by atoms with Gasteiger partial charge in [0, 0.05) is 41.6 Å². The highest BCUT2D eigenvalue weighted by Gasteiger charge is 2.56. The number of aromatic nitrogens is 2. The van der Waals surface area contributed by atoms with Crippen molar-refractivity contribution >= 4 is 33.1 Å². The largest absolute Gasteiger partial charge is 0.383 e. The third kappa shape index (κ3) is 5.14. The number of pyridine rings is 2. The van der Waals surface area contributed by atoms with E-state index in [1.165, 1.54) is 11.2 Å². The first-order chi connectivity index (χ1) is 21.0. The van der Waals surface area contributed by atoms with Gasteiger partial charge in [0.2, 0.25) is 0 Å². The zero-order valence-corrected chi connectivity index (χ0v) is 24.4. The molecule has 0 bridgehead atoms. The molecule has 2 aromatic heterocycles. The van der Waals surface area contributed by atoms with Crippen LogP contribution in [0.15, 0.2) is 65.5 Å². The number of alkyl halides is 2. The highest BCUT2D eigenvalue weighted by Crippen LogP contribution is 2.47. The fourth-order valence-electron chi connectivity index (χ4n) is 5.49. The number of halogens is 2. The standard InChI is InChI=1S/C32H31F2N9O/c1-31(2,3)17-39-27-19(14-36)15-38-26-18(13-35)11-20(12-24(26)27)40-28(22-5-4-6-23-21(22)7-10-37-29(23)44)25-16-43(42-41-25)32(8-9-32)30(33)34/h4-7,10-12,15-16,28,30,40-42H,8-9,17H2,1-3H3,(H,37,44)(H,38,39)/t28-/m0/s1. The van der Waals surface area contributed by atoms with E-state index < -0.39 is 18.0 Å². The first-order valence-electron chi connectivity index (χ1n) is 14.2. The molecule has 0 unspecified atom stereocenters. The Morgan fingerprint density at radius 2 is 1.86 bits per heavy atom. The number of hydrogen-bond acceptors (Lipinski definition) is 9. The summed E-state index contributed by atoms with van der Waals surface area (Å²) in [4.78, 5) is 19.8. The minimum absolute atomic E-state index is 0.0931. The maximum Gasteiger partial charge on any atom is 0.262 e. The molecule has 1 atom stereocenters. The lowest BCUT2D eigenvalue weighted by Gasteiger charge is -2.25. The van der Waals surface area contributed by atoms with Crippen LogP contribution in [0.3, 0.4) is 0 Å². The fraction of sp³-hybridized carbons (Fsp3) is 0.312.